The minimum Gasteiger partial charge on any atom is -0.368 e. The number of benzene rings is 1. The lowest BCUT2D eigenvalue weighted by Crippen LogP contribution is -2.12. The van der Waals surface area contributed by atoms with Gasteiger partial charge in [-0.15, -0.1) is 0 Å². The second kappa shape index (κ2) is 8.02. The zero-order chi connectivity index (χ0) is 20.3. The number of anilines is 3. The first-order chi connectivity index (χ1) is 13.2. The van der Waals surface area contributed by atoms with Crippen LogP contribution in [0.1, 0.15) is 19.4 Å². The second-order valence-corrected chi connectivity index (χ2v) is 6.76. The van der Waals surface area contributed by atoms with Crippen LogP contribution in [0.5, 0.6) is 0 Å². The summed E-state index contributed by atoms with van der Waals surface area (Å²) in [5.41, 5.74) is -0.508. The molecule has 146 valence electrons. The molecule has 2 N–H and O–H groups in total. The molecule has 0 aliphatic rings. The molecule has 2 aromatic heterocycles. The minimum absolute atomic E-state index is 0.0707. The van der Waals surface area contributed by atoms with E-state index in [4.69, 9.17) is 11.6 Å². The predicted molar refractivity (Wildman–Crippen MR) is 104 cm³/mol. The lowest BCUT2D eigenvalue weighted by molar-refractivity contribution is -0.137. The summed E-state index contributed by atoms with van der Waals surface area (Å²) >= 11 is 5.97. The smallest absolute Gasteiger partial charge is 0.368 e. The summed E-state index contributed by atoms with van der Waals surface area (Å²) in [6.07, 6.45) is -2.91. The third-order valence-corrected chi connectivity index (χ3v) is 3.82. The molecule has 3 rings (SSSR count). The number of halogens is 4. The van der Waals surface area contributed by atoms with Crippen LogP contribution in [0.15, 0.2) is 48.7 Å². The Morgan fingerprint density at radius 2 is 1.71 bits per heavy atom. The van der Waals surface area contributed by atoms with Gasteiger partial charge in [0, 0.05) is 28.9 Å². The third kappa shape index (κ3) is 5.10. The van der Waals surface area contributed by atoms with Crippen molar-refractivity contribution in [3.8, 4) is 11.4 Å². The highest BCUT2D eigenvalue weighted by Gasteiger charge is 2.30. The molecule has 5 nitrogen and oxygen atoms in total. The topological polar surface area (TPSA) is 62.7 Å². The maximum Gasteiger partial charge on any atom is 0.416 e. The average molecular weight is 408 g/mol. The van der Waals surface area contributed by atoms with Gasteiger partial charge in [0.25, 0.3) is 0 Å². The maximum absolute atomic E-state index is 13.1. The molecule has 0 unspecified atom stereocenters. The lowest BCUT2D eigenvalue weighted by Gasteiger charge is -2.14. The van der Waals surface area contributed by atoms with E-state index in [1.165, 1.54) is 18.3 Å². The van der Waals surface area contributed by atoms with Gasteiger partial charge in [-0.25, -0.2) is 15.0 Å². The van der Waals surface area contributed by atoms with E-state index in [0.29, 0.717) is 22.5 Å². The van der Waals surface area contributed by atoms with Crippen LogP contribution in [0, 0.1) is 0 Å². The van der Waals surface area contributed by atoms with Crippen LogP contribution < -0.4 is 10.6 Å². The number of alkyl halides is 3. The SMILES string of the molecule is CC(C)Nc1cc(Nc2cc(Cl)ccn2)nc(-c2cccc(C(F)(F)F)c2)n1. The molecule has 2 heterocycles. The molecular formula is C19H17ClF3N5. The monoisotopic (exact) mass is 407 g/mol. The van der Waals surface area contributed by atoms with Crippen molar-refractivity contribution in [1.82, 2.24) is 15.0 Å². The van der Waals surface area contributed by atoms with Crippen molar-refractivity contribution >= 4 is 29.1 Å². The first-order valence-electron chi connectivity index (χ1n) is 8.42. The van der Waals surface area contributed by atoms with Crippen molar-refractivity contribution < 1.29 is 13.2 Å². The van der Waals surface area contributed by atoms with Crippen molar-refractivity contribution in [2.24, 2.45) is 0 Å². The molecule has 0 spiro atoms. The Bertz CT molecular complexity index is 976. The standard InChI is InChI=1S/C19H17ClF3N5/c1-11(2)25-16-10-17(26-15-9-14(20)6-7-24-15)28-18(27-16)12-4-3-5-13(8-12)19(21,22)23/h3-11H,1-2H3,(H2,24,25,26,27,28). The molecule has 0 fully saturated rings. The van der Waals surface area contributed by atoms with E-state index >= 15 is 0 Å². The molecule has 0 atom stereocenters. The van der Waals surface area contributed by atoms with Crippen molar-refractivity contribution in [2.75, 3.05) is 10.6 Å². The Labute approximate surface area is 165 Å². The van der Waals surface area contributed by atoms with Crippen molar-refractivity contribution in [1.29, 1.82) is 0 Å². The highest BCUT2D eigenvalue weighted by atomic mass is 35.5. The van der Waals surface area contributed by atoms with Crippen LogP contribution in [0.3, 0.4) is 0 Å². The fourth-order valence-corrected chi connectivity index (χ4v) is 2.61. The number of hydrogen-bond acceptors (Lipinski definition) is 5. The van der Waals surface area contributed by atoms with Gasteiger partial charge < -0.3 is 10.6 Å². The number of nitrogens with one attached hydrogen (secondary N) is 2. The number of rotatable bonds is 5. The first-order valence-corrected chi connectivity index (χ1v) is 8.80. The van der Waals surface area contributed by atoms with Crippen LogP contribution in [0.25, 0.3) is 11.4 Å². The minimum atomic E-state index is -4.45. The van der Waals surface area contributed by atoms with Crippen LogP contribution in [-0.2, 0) is 6.18 Å². The van der Waals surface area contributed by atoms with Gasteiger partial charge in [0.2, 0.25) is 0 Å². The maximum atomic E-state index is 13.1. The van der Waals surface area contributed by atoms with Crippen LogP contribution in [0.4, 0.5) is 30.6 Å². The predicted octanol–water partition coefficient (Wildman–Crippen LogP) is 5.77. The lowest BCUT2D eigenvalue weighted by atomic mass is 10.1. The van der Waals surface area contributed by atoms with Crippen LogP contribution >= 0.6 is 11.6 Å². The number of hydrogen-bond donors (Lipinski definition) is 2. The quantitative estimate of drug-likeness (QED) is 0.561. The Kier molecular flexibility index (Phi) is 5.69. The van der Waals surface area contributed by atoms with Crippen LogP contribution in [-0.4, -0.2) is 21.0 Å². The summed E-state index contributed by atoms with van der Waals surface area (Å²) in [6, 6.07) is 9.86. The first kappa shape index (κ1) is 19.9. The number of nitrogens with zero attached hydrogens (tertiary/aromatic N) is 3. The second-order valence-electron chi connectivity index (χ2n) is 6.32. The van der Waals surface area contributed by atoms with Gasteiger partial charge in [0.1, 0.15) is 17.5 Å². The van der Waals surface area contributed by atoms with Gasteiger partial charge in [-0.3, -0.25) is 0 Å². The molecular weight excluding hydrogens is 391 g/mol. The van der Waals surface area contributed by atoms with E-state index < -0.39 is 11.7 Å². The third-order valence-electron chi connectivity index (χ3n) is 3.59. The normalized spacial score (nSPS) is 11.5. The number of pyridine rings is 1. The molecule has 0 aliphatic carbocycles. The van der Waals surface area contributed by atoms with Crippen molar-refractivity contribution in [3.63, 3.8) is 0 Å². The van der Waals surface area contributed by atoms with E-state index in [2.05, 4.69) is 25.6 Å². The fraction of sp³-hybridized carbons (Fsp3) is 0.211. The van der Waals surface area contributed by atoms with E-state index in [1.54, 1.807) is 18.2 Å². The molecule has 1 aromatic carbocycles. The van der Waals surface area contributed by atoms with E-state index in [0.717, 1.165) is 12.1 Å². The number of aromatic nitrogens is 3. The summed E-state index contributed by atoms with van der Waals surface area (Å²) in [5, 5.41) is 6.63. The molecule has 3 aromatic rings. The summed E-state index contributed by atoms with van der Waals surface area (Å²) in [6.45, 7) is 3.86. The van der Waals surface area contributed by atoms with Gasteiger partial charge in [-0.05, 0) is 38.1 Å². The van der Waals surface area contributed by atoms with E-state index in [9.17, 15) is 13.2 Å². The van der Waals surface area contributed by atoms with Gasteiger partial charge in [0.15, 0.2) is 5.82 Å². The van der Waals surface area contributed by atoms with Gasteiger partial charge in [-0.1, -0.05) is 23.7 Å². The zero-order valence-electron chi connectivity index (χ0n) is 15.0. The Morgan fingerprint density at radius 1 is 0.964 bits per heavy atom. The van der Waals surface area contributed by atoms with Crippen molar-refractivity contribution in [3.05, 3.63) is 59.2 Å². The summed E-state index contributed by atoms with van der Waals surface area (Å²) in [5.74, 6) is 1.46. The molecule has 0 saturated heterocycles. The highest BCUT2D eigenvalue weighted by Crippen LogP contribution is 2.32. The summed E-state index contributed by atoms with van der Waals surface area (Å²) in [4.78, 5) is 12.8. The van der Waals surface area contributed by atoms with E-state index in [1.807, 2.05) is 13.8 Å². The molecule has 0 aliphatic heterocycles. The van der Waals surface area contributed by atoms with Gasteiger partial charge in [-0.2, -0.15) is 13.2 Å². The van der Waals surface area contributed by atoms with E-state index in [-0.39, 0.29) is 17.4 Å². The van der Waals surface area contributed by atoms with Crippen LogP contribution in [0.2, 0.25) is 5.02 Å². The molecule has 0 bridgehead atoms. The van der Waals surface area contributed by atoms with Gasteiger partial charge in [0.05, 0.1) is 5.56 Å². The van der Waals surface area contributed by atoms with Gasteiger partial charge >= 0.3 is 6.18 Å². The molecule has 0 amide bonds. The Hall–Kier alpha value is -2.87. The zero-order valence-corrected chi connectivity index (χ0v) is 15.8. The van der Waals surface area contributed by atoms with Crippen molar-refractivity contribution in [2.45, 2.75) is 26.1 Å². The molecule has 28 heavy (non-hydrogen) atoms. The largest absolute Gasteiger partial charge is 0.416 e. The Morgan fingerprint density at radius 3 is 2.39 bits per heavy atom. The summed E-state index contributed by atoms with van der Waals surface area (Å²) in [7, 11) is 0. The fourth-order valence-electron chi connectivity index (χ4n) is 2.45. The summed E-state index contributed by atoms with van der Waals surface area (Å²) < 4.78 is 39.2. The highest BCUT2D eigenvalue weighted by molar-refractivity contribution is 6.30. The Balaban J connectivity index is 2.03. The molecule has 0 radical (unpaired) electrons. The average Bonchev–Trinajstić information content (AvgIpc) is 2.60. The molecule has 0 saturated carbocycles. The molecule has 9 heteroatoms.